The third-order valence-electron chi connectivity index (χ3n) is 2.04. The first-order valence-corrected chi connectivity index (χ1v) is 8.08. The van der Waals surface area contributed by atoms with Crippen LogP contribution in [-0.2, 0) is 15.4 Å². The van der Waals surface area contributed by atoms with Gasteiger partial charge in [-0.2, -0.15) is 0 Å². The van der Waals surface area contributed by atoms with Crippen LogP contribution in [-0.4, -0.2) is 19.1 Å². The van der Waals surface area contributed by atoms with Crippen LogP contribution in [0.3, 0.4) is 0 Å². The maximum Gasteiger partial charge on any atom is 0.338 e. The molecule has 0 bridgehead atoms. The van der Waals surface area contributed by atoms with Gasteiger partial charge in [-0.05, 0) is 17.2 Å². The Balaban J connectivity index is 0.00000137. The molecule has 0 saturated heterocycles. The highest BCUT2D eigenvalue weighted by Crippen LogP contribution is 2.18. The molecule has 0 fully saturated rings. The molecule has 0 atom stereocenters. The van der Waals surface area contributed by atoms with Crippen LogP contribution in [0.4, 0.5) is 0 Å². The summed E-state index contributed by atoms with van der Waals surface area (Å²) in [5.41, 5.74) is 7.86. The van der Waals surface area contributed by atoms with Crippen LogP contribution in [0, 0.1) is 0 Å². The van der Waals surface area contributed by atoms with Crippen LogP contribution in [0.25, 0.3) is 0 Å². The van der Waals surface area contributed by atoms with Crippen LogP contribution in [0.5, 0.6) is 0 Å². The molecule has 0 unspecified atom stereocenters. The number of alkyl halides is 2. The summed E-state index contributed by atoms with van der Waals surface area (Å²) >= 11 is 6.70. The van der Waals surface area contributed by atoms with Crippen molar-refractivity contribution in [3.05, 3.63) is 34.9 Å². The normalized spacial score (nSPS) is 9.39. The van der Waals surface area contributed by atoms with E-state index in [9.17, 15) is 4.79 Å². The summed E-state index contributed by atoms with van der Waals surface area (Å²) in [6.07, 6.45) is 0. The topological polar surface area (TPSA) is 52.3 Å². The fraction of sp³-hybridized carbons (Fsp3) is 0.462. The van der Waals surface area contributed by atoms with E-state index >= 15 is 0 Å². The lowest BCUT2D eigenvalue weighted by molar-refractivity contribution is 0.0515. The van der Waals surface area contributed by atoms with Crippen LogP contribution < -0.4 is 5.73 Å². The first kappa shape index (κ1) is 17.6. The molecule has 3 nitrogen and oxygen atoms in total. The minimum atomic E-state index is -0.317. The van der Waals surface area contributed by atoms with E-state index in [0.717, 1.165) is 11.1 Å². The average Bonchev–Trinajstić information content (AvgIpc) is 2.46. The summed E-state index contributed by atoms with van der Waals surface area (Å²) in [5.74, 6) is -0.317. The predicted octanol–water partition coefficient (Wildman–Crippen LogP) is 3.62. The Hall–Kier alpha value is -0.390. The van der Waals surface area contributed by atoms with E-state index < -0.39 is 0 Å². The second-order valence-electron chi connectivity index (χ2n) is 3.18. The number of esters is 1. The minimum Gasteiger partial charge on any atom is -0.461 e. The van der Waals surface area contributed by atoms with Gasteiger partial charge in [-0.25, -0.2) is 4.79 Å². The molecule has 0 aliphatic carbocycles. The van der Waals surface area contributed by atoms with Crippen LogP contribution >= 0.6 is 31.9 Å². The summed E-state index contributed by atoms with van der Waals surface area (Å²) in [6.45, 7) is 4.59. The zero-order valence-electron chi connectivity index (χ0n) is 10.7. The van der Waals surface area contributed by atoms with Crippen molar-refractivity contribution in [3.63, 3.8) is 0 Å². The number of hydrogen-bond donors (Lipinski definition) is 1. The Kier molecular flexibility index (Phi) is 10.3. The van der Waals surface area contributed by atoms with Gasteiger partial charge in [0.15, 0.2) is 0 Å². The summed E-state index contributed by atoms with van der Waals surface area (Å²) in [4.78, 5) is 11.7. The molecule has 0 aliphatic heterocycles. The van der Waals surface area contributed by atoms with Crippen LogP contribution in [0.2, 0.25) is 0 Å². The molecule has 0 aliphatic rings. The zero-order valence-corrected chi connectivity index (χ0v) is 13.9. The van der Waals surface area contributed by atoms with Gasteiger partial charge in [-0.3, -0.25) is 0 Å². The highest BCUT2D eigenvalue weighted by Gasteiger charge is 2.12. The summed E-state index contributed by atoms with van der Waals surface area (Å²) in [6, 6.07) is 5.74. The lowest BCUT2D eigenvalue weighted by Gasteiger charge is -2.08. The van der Waals surface area contributed by atoms with Crippen molar-refractivity contribution in [3.8, 4) is 0 Å². The van der Waals surface area contributed by atoms with E-state index in [1.165, 1.54) is 0 Å². The van der Waals surface area contributed by atoms with E-state index in [0.29, 0.717) is 22.8 Å². The smallest absolute Gasteiger partial charge is 0.338 e. The van der Waals surface area contributed by atoms with Crippen molar-refractivity contribution in [2.45, 2.75) is 24.5 Å². The molecule has 0 spiro atoms. The summed E-state index contributed by atoms with van der Waals surface area (Å²) < 4.78 is 5.02. The lowest BCUT2D eigenvalue weighted by Crippen LogP contribution is -2.15. The molecule has 102 valence electrons. The molecule has 0 amide bonds. The number of carbonyl (C=O) groups excluding carboxylic acids is 1. The van der Waals surface area contributed by atoms with Gasteiger partial charge in [0.25, 0.3) is 0 Å². The fourth-order valence-corrected chi connectivity index (χ4v) is 2.08. The molecule has 1 aromatic carbocycles. The van der Waals surface area contributed by atoms with Gasteiger partial charge < -0.3 is 10.5 Å². The van der Waals surface area contributed by atoms with Crippen LogP contribution in [0.1, 0.15) is 35.3 Å². The highest BCUT2D eigenvalue weighted by molar-refractivity contribution is 9.08. The van der Waals surface area contributed by atoms with E-state index in [1.807, 2.05) is 32.0 Å². The quantitative estimate of drug-likeness (QED) is 0.626. The van der Waals surface area contributed by atoms with Crippen molar-refractivity contribution in [2.24, 2.45) is 5.73 Å². The molecule has 18 heavy (non-hydrogen) atoms. The third-order valence-corrected chi connectivity index (χ3v) is 3.30. The molecule has 5 heteroatoms. The van der Waals surface area contributed by atoms with Gasteiger partial charge in [0.2, 0.25) is 0 Å². The molecule has 1 aromatic rings. The molecule has 0 saturated carbocycles. The number of rotatable bonds is 5. The Bertz CT molecular complexity index is 370. The minimum absolute atomic E-state index is 0.249. The van der Waals surface area contributed by atoms with Crippen LogP contribution in [0.15, 0.2) is 18.2 Å². The van der Waals surface area contributed by atoms with E-state index in [4.69, 9.17) is 10.5 Å². The van der Waals surface area contributed by atoms with E-state index in [2.05, 4.69) is 31.9 Å². The van der Waals surface area contributed by atoms with Crippen molar-refractivity contribution in [1.82, 2.24) is 0 Å². The Morgan fingerprint density at radius 2 is 1.94 bits per heavy atom. The fourth-order valence-electron chi connectivity index (χ4n) is 1.24. The monoisotopic (exact) mass is 379 g/mol. The number of benzene rings is 1. The highest BCUT2D eigenvalue weighted by atomic mass is 79.9. The molecule has 0 aromatic heterocycles. The second kappa shape index (κ2) is 10.5. The Labute approximate surface area is 125 Å². The van der Waals surface area contributed by atoms with Gasteiger partial charge in [-0.15, -0.1) is 0 Å². The average molecular weight is 381 g/mol. The Morgan fingerprint density at radius 3 is 2.44 bits per heavy atom. The maximum absolute atomic E-state index is 11.7. The van der Waals surface area contributed by atoms with Gasteiger partial charge in [0.05, 0.1) is 5.56 Å². The first-order chi connectivity index (χ1) is 8.72. The number of nitrogens with two attached hydrogens (primary N) is 1. The van der Waals surface area contributed by atoms with E-state index in [-0.39, 0.29) is 12.6 Å². The number of ether oxygens (including phenoxy) is 1. The molecule has 0 radical (unpaired) electrons. The van der Waals surface area contributed by atoms with Crippen molar-refractivity contribution in [1.29, 1.82) is 0 Å². The summed E-state index contributed by atoms with van der Waals surface area (Å²) in [7, 11) is 0. The van der Waals surface area contributed by atoms with Gasteiger partial charge in [0, 0.05) is 17.2 Å². The van der Waals surface area contributed by atoms with Crippen molar-refractivity contribution < 1.29 is 9.53 Å². The second-order valence-corrected chi connectivity index (χ2v) is 4.30. The summed E-state index contributed by atoms with van der Waals surface area (Å²) in [5, 5.41) is 1.34. The predicted molar refractivity (Wildman–Crippen MR) is 82.4 cm³/mol. The number of hydrogen-bond acceptors (Lipinski definition) is 3. The zero-order chi connectivity index (χ0) is 14.0. The largest absolute Gasteiger partial charge is 0.461 e. The SMILES string of the molecule is CC.NCCOC(=O)c1cc(CBr)ccc1CBr. The lowest BCUT2D eigenvalue weighted by atomic mass is 10.1. The first-order valence-electron chi connectivity index (χ1n) is 5.83. The third kappa shape index (κ3) is 5.50. The Morgan fingerprint density at radius 1 is 1.28 bits per heavy atom. The van der Waals surface area contributed by atoms with E-state index in [1.54, 1.807) is 0 Å². The number of halogens is 2. The van der Waals surface area contributed by atoms with Crippen molar-refractivity contribution >= 4 is 37.8 Å². The molecular weight excluding hydrogens is 362 g/mol. The van der Waals surface area contributed by atoms with Gasteiger partial charge >= 0.3 is 5.97 Å². The maximum atomic E-state index is 11.7. The molecule has 2 N–H and O–H groups in total. The standard InChI is InChI=1S/C11H13Br2NO2.C2H6/c12-6-8-1-2-9(7-13)10(5-8)11(15)16-4-3-14;1-2/h1-2,5H,3-4,6-7,14H2;1-2H3. The van der Waals surface area contributed by atoms with Gasteiger partial charge in [-0.1, -0.05) is 57.8 Å². The van der Waals surface area contributed by atoms with Gasteiger partial charge in [0.1, 0.15) is 6.61 Å². The molecule has 0 heterocycles. The van der Waals surface area contributed by atoms with Crippen molar-refractivity contribution in [2.75, 3.05) is 13.2 Å². The number of carbonyl (C=O) groups is 1. The molecular formula is C13H19Br2NO2. The molecule has 1 rings (SSSR count).